The van der Waals surface area contributed by atoms with Crippen molar-refractivity contribution >= 4 is 17.7 Å². The van der Waals surface area contributed by atoms with Crippen LogP contribution in [0.15, 0.2) is 18.2 Å². The van der Waals surface area contributed by atoms with Gasteiger partial charge in [0.15, 0.2) is 11.5 Å². The summed E-state index contributed by atoms with van der Waals surface area (Å²) in [6.45, 7) is 3.85. The van der Waals surface area contributed by atoms with Gasteiger partial charge in [-0.05, 0) is 18.2 Å². The summed E-state index contributed by atoms with van der Waals surface area (Å²) in [7, 11) is 1.61. The van der Waals surface area contributed by atoms with Crippen LogP contribution >= 0.6 is 11.8 Å². The Kier molecular flexibility index (Phi) is 5.04. The number of aliphatic carboxylic acids is 1. The molecule has 1 unspecified atom stereocenters. The van der Waals surface area contributed by atoms with Crippen molar-refractivity contribution in [2.24, 2.45) is 0 Å². The fraction of sp³-hybridized carbons (Fsp3) is 0.562. The fourth-order valence-electron chi connectivity index (χ4n) is 2.58. The molecular formula is C16H22O4S. The van der Waals surface area contributed by atoms with Gasteiger partial charge in [-0.25, -0.2) is 0 Å². The molecule has 0 saturated carbocycles. The van der Waals surface area contributed by atoms with Crippen molar-refractivity contribution in [3.8, 4) is 11.5 Å². The number of hydrogen-bond donors (Lipinski definition) is 1. The summed E-state index contributed by atoms with van der Waals surface area (Å²) in [5, 5.41) is 9.14. The highest BCUT2D eigenvalue weighted by molar-refractivity contribution is 7.99. The van der Waals surface area contributed by atoms with E-state index in [9.17, 15) is 4.79 Å². The molecule has 1 fully saturated rings. The molecule has 1 atom stereocenters. The van der Waals surface area contributed by atoms with Crippen molar-refractivity contribution in [2.75, 3.05) is 18.6 Å². The Morgan fingerprint density at radius 1 is 1.48 bits per heavy atom. The second-order valence-corrected chi connectivity index (χ2v) is 7.04. The van der Waals surface area contributed by atoms with Gasteiger partial charge in [-0.2, -0.15) is 11.8 Å². The first kappa shape index (κ1) is 16.0. The number of hydrogen-bond acceptors (Lipinski definition) is 4. The lowest BCUT2D eigenvalue weighted by atomic mass is 9.81. The van der Waals surface area contributed by atoms with Crippen molar-refractivity contribution in [3.05, 3.63) is 23.8 Å². The summed E-state index contributed by atoms with van der Waals surface area (Å²) in [4.78, 5) is 11.1. The van der Waals surface area contributed by atoms with E-state index in [0.29, 0.717) is 11.5 Å². The Hall–Kier alpha value is -1.36. The lowest BCUT2D eigenvalue weighted by molar-refractivity contribution is -0.138. The van der Waals surface area contributed by atoms with Gasteiger partial charge in [0.1, 0.15) is 6.10 Å². The van der Waals surface area contributed by atoms with Gasteiger partial charge in [0.25, 0.3) is 0 Å². The lowest BCUT2D eigenvalue weighted by Crippen LogP contribution is -2.25. The van der Waals surface area contributed by atoms with Gasteiger partial charge in [-0.15, -0.1) is 0 Å². The van der Waals surface area contributed by atoms with Crippen molar-refractivity contribution < 1.29 is 19.4 Å². The van der Waals surface area contributed by atoms with Crippen LogP contribution < -0.4 is 9.47 Å². The molecule has 1 aromatic carbocycles. The van der Waals surface area contributed by atoms with Gasteiger partial charge in [-0.1, -0.05) is 26.0 Å². The van der Waals surface area contributed by atoms with Crippen LogP contribution in [0, 0.1) is 0 Å². The zero-order valence-corrected chi connectivity index (χ0v) is 13.5. The molecule has 116 valence electrons. The molecule has 1 saturated heterocycles. The summed E-state index contributed by atoms with van der Waals surface area (Å²) < 4.78 is 11.6. The first-order chi connectivity index (χ1) is 9.94. The minimum Gasteiger partial charge on any atom is -0.493 e. The monoisotopic (exact) mass is 310 g/mol. The smallest absolute Gasteiger partial charge is 0.304 e. The molecule has 0 bridgehead atoms. The maximum absolute atomic E-state index is 11.1. The number of rotatable bonds is 6. The zero-order valence-electron chi connectivity index (χ0n) is 12.7. The van der Waals surface area contributed by atoms with E-state index in [1.807, 2.05) is 43.8 Å². The number of methoxy groups -OCH3 is 1. The Labute approximate surface area is 129 Å². The number of ether oxygens (including phenoxy) is 2. The lowest BCUT2D eigenvalue weighted by Gasteiger charge is -2.28. The van der Waals surface area contributed by atoms with E-state index in [1.165, 1.54) is 0 Å². The van der Waals surface area contributed by atoms with E-state index in [1.54, 1.807) is 7.11 Å². The van der Waals surface area contributed by atoms with E-state index >= 15 is 0 Å². The third-order valence-electron chi connectivity index (χ3n) is 3.69. The molecule has 1 aliphatic heterocycles. The van der Waals surface area contributed by atoms with E-state index in [2.05, 4.69) is 0 Å². The average molecular weight is 310 g/mol. The largest absolute Gasteiger partial charge is 0.493 e. The SMILES string of the molecule is COc1cccc(C(C)(C)CC(=O)O)c1OC1CCSC1. The molecule has 1 aliphatic rings. The van der Waals surface area contributed by atoms with Gasteiger partial charge in [0, 0.05) is 16.7 Å². The molecule has 0 radical (unpaired) electrons. The molecule has 5 heteroatoms. The van der Waals surface area contributed by atoms with E-state index in [0.717, 1.165) is 23.5 Å². The maximum Gasteiger partial charge on any atom is 0.304 e. The first-order valence-electron chi connectivity index (χ1n) is 7.07. The van der Waals surface area contributed by atoms with Gasteiger partial charge >= 0.3 is 5.97 Å². The predicted octanol–water partition coefficient (Wildman–Crippen LogP) is 3.33. The molecule has 2 rings (SSSR count). The first-order valence-corrected chi connectivity index (χ1v) is 8.23. The normalized spacial score (nSPS) is 18.5. The third kappa shape index (κ3) is 3.84. The van der Waals surface area contributed by atoms with Crippen LogP contribution in [0.2, 0.25) is 0 Å². The Morgan fingerprint density at radius 3 is 2.81 bits per heavy atom. The Morgan fingerprint density at radius 2 is 2.24 bits per heavy atom. The summed E-state index contributed by atoms with van der Waals surface area (Å²) in [5.41, 5.74) is 0.378. The summed E-state index contributed by atoms with van der Waals surface area (Å²) in [6.07, 6.45) is 1.24. The van der Waals surface area contributed by atoms with Crippen molar-refractivity contribution in [1.29, 1.82) is 0 Å². The van der Waals surface area contributed by atoms with Crippen LogP contribution in [0.4, 0.5) is 0 Å². The molecule has 0 aliphatic carbocycles. The van der Waals surface area contributed by atoms with Crippen molar-refractivity contribution in [3.63, 3.8) is 0 Å². The van der Waals surface area contributed by atoms with Crippen LogP contribution in [0.5, 0.6) is 11.5 Å². The van der Waals surface area contributed by atoms with E-state index in [4.69, 9.17) is 14.6 Å². The molecule has 0 aromatic heterocycles. The van der Waals surface area contributed by atoms with Crippen molar-refractivity contribution in [2.45, 2.75) is 38.2 Å². The topological polar surface area (TPSA) is 55.8 Å². The fourth-order valence-corrected chi connectivity index (χ4v) is 3.67. The molecule has 1 N–H and O–H groups in total. The van der Waals surface area contributed by atoms with E-state index < -0.39 is 11.4 Å². The van der Waals surface area contributed by atoms with E-state index in [-0.39, 0.29) is 12.5 Å². The molecule has 21 heavy (non-hydrogen) atoms. The molecule has 4 nitrogen and oxygen atoms in total. The van der Waals surface area contributed by atoms with Crippen LogP contribution in [0.25, 0.3) is 0 Å². The highest BCUT2D eigenvalue weighted by atomic mass is 32.2. The average Bonchev–Trinajstić information content (AvgIpc) is 2.90. The second kappa shape index (κ2) is 6.60. The minimum atomic E-state index is -0.815. The van der Waals surface area contributed by atoms with Gasteiger partial charge < -0.3 is 14.6 Å². The number of benzene rings is 1. The third-order valence-corrected chi connectivity index (χ3v) is 4.83. The number of para-hydroxylation sites is 1. The van der Waals surface area contributed by atoms with Crippen LogP contribution in [0.1, 0.15) is 32.3 Å². The number of carbonyl (C=O) groups is 1. The molecule has 1 aromatic rings. The van der Waals surface area contributed by atoms with Gasteiger partial charge in [-0.3, -0.25) is 4.79 Å². The van der Waals surface area contributed by atoms with Crippen molar-refractivity contribution in [1.82, 2.24) is 0 Å². The molecular weight excluding hydrogens is 288 g/mol. The summed E-state index contributed by atoms with van der Waals surface area (Å²) in [5.74, 6) is 2.62. The number of carboxylic acids is 1. The number of carboxylic acid groups (broad SMARTS) is 1. The van der Waals surface area contributed by atoms with Crippen LogP contribution in [-0.4, -0.2) is 35.8 Å². The summed E-state index contributed by atoms with van der Waals surface area (Å²) >= 11 is 1.88. The number of thioether (sulfide) groups is 1. The quantitative estimate of drug-likeness (QED) is 0.873. The second-order valence-electron chi connectivity index (χ2n) is 5.89. The minimum absolute atomic E-state index is 0.0515. The standard InChI is InChI=1S/C16H22O4S/c1-16(2,9-14(17)18)12-5-4-6-13(19-3)15(12)20-11-7-8-21-10-11/h4-6,11H,7-10H2,1-3H3,(H,17,18). The zero-order chi connectivity index (χ0) is 15.5. The molecule has 0 amide bonds. The Bertz CT molecular complexity index is 507. The van der Waals surface area contributed by atoms with Gasteiger partial charge in [0.05, 0.1) is 13.5 Å². The summed E-state index contributed by atoms with van der Waals surface area (Å²) in [6, 6.07) is 5.68. The highest BCUT2D eigenvalue weighted by Gasteiger charge is 2.30. The predicted molar refractivity (Wildman–Crippen MR) is 84.6 cm³/mol. The van der Waals surface area contributed by atoms with Crippen LogP contribution in [-0.2, 0) is 10.2 Å². The highest BCUT2D eigenvalue weighted by Crippen LogP contribution is 2.41. The van der Waals surface area contributed by atoms with Gasteiger partial charge in [0.2, 0.25) is 0 Å². The molecule has 1 heterocycles. The molecule has 0 spiro atoms. The van der Waals surface area contributed by atoms with Crippen LogP contribution in [0.3, 0.4) is 0 Å². The maximum atomic E-state index is 11.1. The Balaban J connectivity index is 2.36.